The number of carbonyl (C=O) groups is 2. The van der Waals surface area contributed by atoms with Crippen molar-refractivity contribution in [2.24, 2.45) is 5.10 Å². The number of hydrazone groups is 1. The van der Waals surface area contributed by atoms with E-state index in [0.717, 1.165) is 11.3 Å². The summed E-state index contributed by atoms with van der Waals surface area (Å²) in [5.74, 6) is 0.0964. The van der Waals surface area contributed by atoms with Gasteiger partial charge in [-0.25, -0.2) is 5.43 Å². The Bertz CT molecular complexity index is 1060. The molecule has 0 atom stereocenters. The van der Waals surface area contributed by atoms with Crippen molar-refractivity contribution in [1.82, 2.24) is 5.43 Å². The van der Waals surface area contributed by atoms with Crippen molar-refractivity contribution in [3.8, 4) is 5.75 Å². The van der Waals surface area contributed by atoms with E-state index in [1.54, 1.807) is 61.9 Å². The summed E-state index contributed by atoms with van der Waals surface area (Å²) in [4.78, 5) is 26.6. The predicted molar refractivity (Wildman–Crippen MR) is 123 cm³/mol. The number of anilines is 2. The van der Waals surface area contributed by atoms with Gasteiger partial charge in [0.2, 0.25) is 0 Å². The normalized spacial score (nSPS) is 10.5. The minimum atomic E-state index is -0.339. The average Bonchev–Trinajstić information content (AvgIpc) is 2.80. The van der Waals surface area contributed by atoms with Crippen LogP contribution in [0, 0.1) is 0 Å². The molecule has 0 bridgehead atoms. The van der Waals surface area contributed by atoms with Crippen LogP contribution in [0.2, 0.25) is 0 Å². The predicted octanol–water partition coefficient (Wildman–Crippen LogP) is 3.78. The molecule has 0 heterocycles. The maximum atomic E-state index is 12.3. The molecule has 0 radical (unpaired) electrons. The topological polar surface area (TPSA) is 83.0 Å². The molecule has 0 spiro atoms. The number of carbonyl (C=O) groups excluding carboxylic acids is 2. The Hall–Kier alpha value is -4.13. The quantitative estimate of drug-likeness (QED) is 0.454. The van der Waals surface area contributed by atoms with Crippen LogP contribution in [0.15, 0.2) is 77.9 Å². The van der Waals surface area contributed by atoms with Crippen LogP contribution in [0.1, 0.15) is 26.3 Å². The number of hydrogen-bond acceptors (Lipinski definition) is 5. The fourth-order valence-corrected chi connectivity index (χ4v) is 2.74. The summed E-state index contributed by atoms with van der Waals surface area (Å²) in [7, 11) is 5.51. The number of nitrogens with zero attached hydrogens (tertiary/aromatic N) is 2. The van der Waals surface area contributed by atoms with Crippen molar-refractivity contribution >= 4 is 29.4 Å². The molecule has 0 aromatic heterocycles. The number of rotatable bonds is 7. The molecule has 0 aliphatic carbocycles. The van der Waals surface area contributed by atoms with Crippen LogP contribution in [0.5, 0.6) is 5.75 Å². The summed E-state index contributed by atoms with van der Waals surface area (Å²) in [6.07, 6.45) is 1.58. The van der Waals surface area contributed by atoms with Crippen molar-refractivity contribution in [3.63, 3.8) is 0 Å². The first-order chi connectivity index (χ1) is 15.0. The molecule has 0 aliphatic heterocycles. The van der Waals surface area contributed by atoms with Crippen LogP contribution >= 0.6 is 0 Å². The lowest BCUT2D eigenvalue weighted by molar-refractivity contribution is 0.0954. The van der Waals surface area contributed by atoms with Gasteiger partial charge >= 0.3 is 0 Å². The molecule has 7 nitrogen and oxygen atoms in total. The van der Waals surface area contributed by atoms with Gasteiger partial charge in [-0.3, -0.25) is 9.59 Å². The Labute approximate surface area is 181 Å². The molecule has 2 amide bonds. The van der Waals surface area contributed by atoms with E-state index in [2.05, 4.69) is 15.8 Å². The summed E-state index contributed by atoms with van der Waals surface area (Å²) in [6, 6.07) is 21.2. The maximum absolute atomic E-state index is 12.3. The van der Waals surface area contributed by atoms with Crippen molar-refractivity contribution < 1.29 is 14.3 Å². The van der Waals surface area contributed by atoms with E-state index in [1.807, 2.05) is 43.3 Å². The zero-order chi connectivity index (χ0) is 22.2. The van der Waals surface area contributed by atoms with Crippen LogP contribution in [0.25, 0.3) is 0 Å². The van der Waals surface area contributed by atoms with Crippen LogP contribution in [0.4, 0.5) is 11.4 Å². The second-order valence-corrected chi connectivity index (χ2v) is 6.95. The molecule has 0 saturated heterocycles. The molecular weight excluding hydrogens is 392 g/mol. The first-order valence-electron chi connectivity index (χ1n) is 9.62. The van der Waals surface area contributed by atoms with Crippen LogP contribution in [0.3, 0.4) is 0 Å². The molecule has 158 valence electrons. The Morgan fingerprint density at radius 2 is 1.42 bits per heavy atom. The van der Waals surface area contributed by atoms with Crippen molar-refractivity contribution in [1.29, 1.82) is 0 Å². The Balaban J connectivity index is 1.55. The molecule has 31 heavy (non-hydrogen) atoms. The summed E-state index contributed by atoms with van der Waals surface area (Å²) < 4.78 is 5.09. The minimum absolute atomic E-state index is 0.246. The van der Waals surface area contributed by atoms with Gasteiger partial charge in [0.1, 0.15) is 5.75 Å². The molecule has 2 N–H and O–H groups in total. The van der Waals surface area contributed by atoms with Gasteiger partial charge in [-0.05, 0) is 66.2 Å². The third-order valence-electron chi connectivity index (χ3n) is 4.55. The van der Waals surface area contributed by atoms with Crippen molar-refractivity contribution in [2.75, 3.05) is 31.4 Å². The molecule has 0 unspecified atom stereocenters. The zero-order valence-electron chi connectivity index (χ0n) is 17.6. The molecule has 3 aromatic carbocycles. The Kier molecular flexibility index (Phi) is 7.01. The average molecular weight is 416 g/mol. The molecule has 0 saturated carbocycles. The van der Waals surface area contributed by atoms with E-state index in [0.29, 0.717) is 22.6 Å². The minimum Gasteiger partial charge on any atom is -0.497 e. The van der Waals surface area contributed by atoms with Crippen LogP contribution in [-0.4, -0.2) is 39.2 Å². The smallest absolute Gasteiger partial charge is 0.271 e. The molecule has 0 aliphatic rings. The molecule has 7 heteroatoms. The lowest BCUT2D eigenvalue weighted by Gasteiger charge is -2.11. The highest BCUT2D eigenvalue weighted by atomic mass is 16.5. The number of ether oxygens (including phenoxy) is 1. The first-order valence-corrected chi connectivity index (χ1v) is 9.62. The van der Waals surface area contributed by atoms with E-state index >= 15 is 0 Å². The number of methoxy groups -OCH3 is 1. The standard InChI is InChI=1S/C24H24N4O3/c1-28(2)21-12-4-17(5-13-21)16-25-27-24(30)19-6-10-20(11-7-19)26-23(29)18-8-14-22(31-3)15-9-18/h4-16H,1-3H3,(H,26,29)(H,27,30)/b25-16+. The molecule has 0 fully saturated rings. The first kappa shape index (κ1) is 21.6. The van der Waals surface area contributed by atoms with E-state index in [1.165, 1.54) is 0 Å². The molecular formula is C24H24N4O3. The fraction of sp³-hybridized carbons (Fsp3) is 0.125. The lowest BCUT2D eigenvalue weighted by Crippen LogP contribution is -2.18. The summed E-state index contributed by atoms with van der Waals surface area (Å²) >= 11 is 0. The second kappa shape index (κ2) is 10.1. The monoisotopic (exact) mass is 416 g/mol. The number of amides is 2. The third-order valence-corrected chi connectivity index (χ3v) is 4.55. The number of hydrogen-bond donors (Lipinski definition) is 2. The number of nitrogens with one attached hydrogen (secondary N) is 2. The van der Waals surface area contributed by atoms with E-state index in [4.69, 9.17) is 4.74 Å². The summed E-state index contributed by atoms with van der Waals surface area (Å²) in [5, 5.41) is 6.79. The van der Waals surface area contributed by atoms with E-state index < -0.39 is 0 Å². The van der Waals surface area contributed by atoms with Crippen molar-refractivity contribution in [2.45, 2.75) is 0 Å². The highest BCUT2D eigenvalue weighted by Crippen LogP contribution is 2.15. The van der Waals surface area contributed by atoms with Gasteiger partial charge in [-0.2, -0.15) is 5.10 Å². The van der Waals surface area contributed by atoms with Gasteiger partial charge in [0.15, 0.2) is 0 Å². The Morgan fingerprint density at radius 1 is 0.839 bits per heavy atom. The summed E-state index contributed by atoms with van der Waals surface area (Å²) in [6.45, 7) is 0. The van der Waals surface area contributed by atoms with Gasteiger partial charge in [0.25, 0.3) is 11.8 Å². The van der Waals surface area contributed by atoms with Gasteiger partial charge in [-0.1, -0.05) is 12.1 Å². The lowest BCUT2D eigenvalue weighted by atomic mass is 10.1. The van der Waals surface area contributed by atoms with E-state index in [9.17, 15) is 9.59 Å². The zero-order valence-corrected chi connectivity index (χ0v) is 17.6. The largest absolute Gasteiger partial charge is 0.497 e. The Morgan fingerprint density at radius 3 is 2.00 bits per heavy atom. The third kappa shape index (κ3) is 5.93. The summed E-state index contributed by atoms with van der Waals surface area (Å²) in [5.41, 5.74) is 5.99. The van der Waals surface area contributed by atoms with Gasteiger partial charge in [0.05, 0.1) is 13.3 Å². The highest BCUT2D eigenvalue weighted by Gasteiger charge is 2.08. The highest BCUT2D eigenvalue weighted by molar-refractivity contribution is 6.04. The fourth-order valence-electron chi connectivity index (χ4n) is 2.74. The SMILES string of the molecule is COc1ccc(C(=O)Nc2ccc(C(=O)N/N=C/c3ccc(N(C)C)cc3)cc2)cc1. The van der Waals surface area contributed by atoms with Gasteiger partial charge in [-0.15, -0.1) is 0 Å². The second-order valence-electron chi connectivity index (χ2n) is 6.95. The van der Waals surface area contributed by atoms with E-state index in [-0.39, 0.29) is 11.8 Å². The van der Waals surface area contributed by atoms with Gasteiger partial charge < -0.3 is 15.0 Å². The maximum Gasteiger partial charge on any atom is 0.271 e. The van der Waals surface area contributed by atoms with Crippen molar-refractivity contribution in [3.05, 3.63) is 89.5 Å². The molecule has 3 rings (SSSR count). The van der Waals surface area contributed by atoms with Gasteiger partial charge in [0, 0.05) is 36.6 Å². The van der Waals surface area contributed by atoms with Crippen LogP contribution < -0.4 is 20.4 Å². The number of benzene rings is 3. The molecule has 3 aromatic rings. The van der Waals surface area contributed by atoms with Crippen LogP contribution in [-0.2, 0) is 0 Å².